The van der Waals surface area contributed by atoms with E-state index in [0.29, 0.717) is 18.7 Å². The first-order chi connectivity index (χ1) is 7.23. The quantitative estimate of drug-likeness (QED) is 0.580. The summed E-state index contributed by atoms with van der Waals surface area (Å²) in [5, 5.41) is 10.5. The summed E-state index contributed by atoms with van der Waals surface area (Å²) in [7, 11) is 0. The summed E-state index contributed by atoms with van der Waals surface area (Å²) in [5.74, 6) is 0.576. The molecule has 0 heterocycles. The van der Waals surface area contributed by atoms with Crippen LogP contribution in [0.25, 0.3) is 0 Å². The Hall–Kier alpha value is -0.790. The normalized spacial score (nSPS) is 14.5. The molecule has 82 valence electrons. The van der Waals surface area contributed by atoms with Crippen molar-refractivity contribution >= 4 is 11.6 Å². The molecule has 2 heteroatoms. The maximum Gasteiger partial charge on any atom is 0.0931 e. The lowest BCUT2D eigenvalue weighted by Crippen LogP contribution is -2.25. The zero-order valence-corrected chi connectivity index (χ0v) is 9.58. The van der Waals surface area contributed by atoms with Crippen LogP contribution in [-0.2, 0) is 5.60 Å². The summed E-state index contributed by atoms with van der Waals surface area (Å²) < 4.78 is 0. The van der Waals surface area contributed by atoms with Gasteiger partial charge in [0.15, 0.2) is 0 Å². The predicted octanol–water partition coefficient (Wildman–Crippen LogP) is 3.47. The minimum absolute atomic E-state index is 0.563. The molecule has 0 bridgehead atoms. The summed E-state index contributed by atoms with van der Waals surface area (Å²) >= 11 is 5.66. The van der Waals surface area contributed by atoms with E-state index < -0.39 is 5.60 Å². The van der Waals surface area contributed by atoms with Crippen molar-refractivity contribution in [3.05, 3.63) is 48.6 Å². The number of benzene rings is 1. The minimum Gasteiger partial charge on any atom is -0.385 e. The molecule has 0 spiro atoms. The monoisotopic (exact) mass is 224 g/mol. The molecule has 0 aliphatic carbocycles. The molecule has 1 aromatic rings. The molecule has 1 rings (SSSR count). The molecule has 1 aromatic carbocycles. The van der Waals surface area contributed by atoms with Gasteiger partial charge in [0.1, 0.15) is 0 Å². The Morgan fingerprint density at radius 1 is 1.33 bits per heavy atom. The zero-order chi connectivity index (χ0) is 11.1. The highest BCUT2D eigenvalue weighted by atomic mass is 35.5. The van der Waals surface area contributed by atoms with Crippen LogP contribution in [0.2, 0.25) is 0 Å². The van der Waals surface area contributed by atoms with Crippen LogP contribution in [0.5, 0.6) is 0 Å². The maximum absolute atomic E-state index is 10.5. The van der Waals surface area contributed by atoms with Gasteiger partial charge in [0.25, 0.3) is 0 Å². The lowest BCUT2D eigenvalue weighted by atomic mass is 9.86. The summed E-state index contributed by atoms with van der Waals surface area (Å²) in [5.41, 5.74) is 0.132. The largest absolute Gasteiger partial charge is 0.385 e. The van der Waals surface area contributed by atoms with E-state index in [1.807, 2.05) is 30.3 Å². The van der Waals surface area contributed by atoms with E-state index in [0.717, 1.165) is 12.0 Å². The molecule has 0 fully saturated rings. The van der Waals surface area contributed by atoms with Gasteiger partial charge in [-0.15, -0.1) is 18.2 Å². The molecule has 1 N–H and O–H groups in total. The van der Waals surface area contributed by atoms with Crippen molar-refractivity contribution in [3.63, 3.8) is 0 Å². The topological polar surface area (TPSA) is 20.2 Å². The maximum atomic E-state index is 10.5. The Morgan fingerprint density at radius 3 is 2.53 bits per heavy atom. The van der Waals surface area contributed by atoms with Crippen molar-refractivity contribution in [2.75, 3.05) is 5.88 Å². The number of hydrogen-bond acceptors (Lipinski definition) is 1. The molecular weight excluding hydrogens is 208 g/mol. The van der Waals surface area contributed by atoms with Crippen LogP contribution in [0.15, 0.2) is 43.0 Å². The fraction of sp³-hybridized carbons (Fsp3) is 0.385. The average molecular weight is 225 g/mol. The highest BCUT2D eigenvalue weighted by Gasteiger charge is 2.26. The number of hydrogen-bond donors (Lipinski definition) is 1. The molecule has 0 aliphatic rings. The molecule has 15 heavy (non-hydrogen) atoms. The van der Waals surface area contributed by atoms with Gasteiger partial charge in [0.2, 0.25) is 0 Å². The standard InChI is InChI=1S/C13H17ClO/c1-2-9-13(15,10-6-11-14)12-7-4-3-5-8-12/h2-5,7-8,15H,1,6,9-11H2/t13-/m0/s1. The highest BCUT2D eigenvalue weighted by molar-refractivity contribution is 6.17. The smallest absolute Gasteiger partial charge is 0.0931 e. The van der Waals surface area contributed by atoms with Gasteiger partial charge in [-0.1, -0.05) is 36.4 Å². The van der Waals surface area contributed by atoms with Gasteiger partial charge >= 0.3 is 0 Å². The van der Waals surface area contributed by atoms with Crippen LogP contribution in [-0.4, -0.2) is 11.0 Å². The average Bonchev–Trinajstić information content (AvgIpc) is 2.28. The van der Waals surface area contributed by atoms with Gasteiger partial charge in [-0.3, -0.25) is 0 Å². The second kappa shape index (κ2) is 5.94. The molecule has 1 atom stereocenters. The number of aliphatic hydroxyl groups is 1. The van der Waals surface area contributed by atoms with Crippen molar-refractivity contribution < 1.29 is 5.11 Å². The molecule has 0 radical (unpaired) electrons. The van der Waals surface area contributed by atoms with E-state index in [4.69, 9.17) is 11.6 Å². The van der Waals surface area contributed by atoms with Crippen molar-refractivity contribution in [3.8, 4) is 0 Å². The van der Waals surface area contributed by atoms with Gasteiger partial charge in [-0.25, -0.2) is 0 Å². The van der Waals surface area contributed by atoms with Gasteiger partial charge in [0.05, 0.1) is 5.60 Å². The van der Waals surface area contributed by atoms with E-state index in [2.05, 4.69) is 6.58 Å². The molecular formula is C13H17ClO. The minimum atomic E-state index is -0.808. The van der Waals surface area contributed by atoms with E-state index in [1.165, 1.54) is 0 Å². The Kier molecular flexibility index (Phi) is 4.86. The highest BCUT2D eigenvalue weighted by Crippen LogP contribution is 2.30. The lowest BCUT2D eigenvalue weighted by molar-refractivity contribution is 0.0299. The van der Waals surface area contributed by atoms with Crippen LogP contribution in [0, 0.1) is 0 Å². The van der Waals surface area contributed by atoms with Crippen LogP contribution in [0.3, 0.4) is 0 Å². The molecule has 0 aromatic heterocycles. The van der Waals surface area contributed by atoms with E-state index in [9.17, 15) is 5.11 Å². The van der Waals surface area contributed by atoms with Crippen molar-refractivity contribution in [1.82, 2.24) is 0 Å². The predicted molar refractivity (Wildman–Crippen MR) is 65.1 cm³/mol. The van der Waals surface area contributed by atoms with Crippen LogP contribution in [0.4, 0.5) is 0 Å². The van der Waals surface area contributed by atoms with E-state index in [1.54, 1.807) is 6.08 Å². The second-order valence-corrected chi connectivity index (χ2v) is 4.06. The molecule has 1 nitrogen and oxygen atoms in total. The molecule has 0 saturated carbocycles. The first kappa shape index (κ1) is 12.3. The summed E-state index contributed by atoms with van der Waals surface area (Å²) in [4.78, 5) is 0. The Balaban J connectivity index is 2.85. The first-order valence-corrected chi connectivity index (χ1v) is 5.71. The van der Waals surface area contributed by atoms with Crippen LogP contribution in [0.1, 0.15) is 24.8 Å². The van der Waals surface area contributed by atoms with Gasteiger partial charge in [0, 0.05) is 5.88 Å². The van der Waals surface area contributed by atoms with Gasteiger partial charge in [-0.05, 0) is 24.8 Å². The number of halogens is 1. The SMILES string of the molecule is C=CC[C@](O)(CCCCl)c1ccccc1. The van der Waals surface area contributed by atoms with E-state index >= 15 is 0 Å². The van der Waals surface area contributed by atoms with Gasteiger partial charge in [-0.2, -0.15) is 0 Å². The van der Waals surface area contributed by atoms with E-state index in [-0.39, 0.29) is 0 Å². The Labute approximate surface area is 96.4 Å². The summed E-state index contributed by atoms with van der Waals surface area (Å²) in [6, 6.07) is 9.70. The molecule has 0 aliphatic heterocycles. The fourth-order valence-electron chi connectivity index (χ4n) is 1.71. The third-order valence-corrected chi connectivity index (χ3v) is 2.78. The molecule has 0 amide bonds. The van der Waals surface area contributed by atoms with Crippen molar-refractivity contribution in [1.29, 1.82) is 0 Å². The van der Waals surface area contributed by atoms with Crippen LogP contribution >= 0.6 is 11.6 Å². The molecule has 0 saturated heterocycles. The third kappa shape index (κ3) is 3.37. The molecule has 0 unspecified atom stereocenters. The van der Waals surface area contributed by atoms with Crippen molar-refractivity contribution in [2.45, 2.75) is 24.9 Å². The Bertz CT molecular complexity index is 297. The fourth-order valence-corrected chi connectivity index (χ4v) is 1.84. The van der Waals surface area contributed by atoms with Gasteiger partial charge < -0.3 is 5.11 Å². The van der Waals surface area contributed by atoms with Crippen LogP contribution < -0.4 is 0 Å². The second-order valence-electron chi connectivity index (χ2n) is 3.68. The van der Waals surface area contributed by atoms with Crippen molar-refractivity contribution in [2.24, 2.45) is 0 Å². The number of rotatable bonds is 6. The lowest BCUT2D eigenvalue weighted by Gasteiger charge is -2.27. The third-order valence-electron chi connectivity index (χ3n) is 2.52. The summed E-state index contributed by atoms with van der Waals surface area (Å²) in [6.07, 6.45) is 3.79. The number of alkyl halides is 1. The first-order valence-electron chi connectivity index (χ1n) is 5.18. The zero-order valence-electron chi connectivity index (χ0n) is 8.82. The summed E-state index contributed by atoms with van der Waals surface area (Å²) in [6.45, 7) is 3.69. The Morgan fingerprint density at radius 2 is 2.00 bits per heavy atom.